The van der Waals surface area contributed by atoms with Crippen molar-refractivity contribution in [2.45, 2.75) is 52.2 Å². The summed E-state index contributed by atoms with van der Waals surface area (Å²) in [5.41, 5.74) is 1.55. The Morgan fingerprint density at radius 3 is 1.63 bits per heavy atom. The van der Waals surface area contributed by atoms with Gasteiger partial charge in [0.25, 0.3) is 0 Å². The molecule has 2 unspecified atom stereocenters. The second-order valence-corrected chi connectivity index (χ2v) is 11.2. The number of phenols is 2. The summed E-state index contributed by atoms with van der Waals surface area (Å²) in [5, 5.41) is 46.0. The topological polar surface area (TPSA) is 186 Å². The van der Waals surface area contributed by atoms with E-state index >= 15 is 0 Å². The number of aromatic nitrogens is 3. The van der Waals surface area contributed by atoms with Crippen LogP contribution in [0.15, 0.2) is 60.7 Å². The number of aliphatic hydroxyl groups excluding tert-OH is 2. The molecular formula is C36H44N4O9. The lowest BCUT2D eigenvalue weighted by Crippen LogP contribution is -2.23. The Hall–Kier alpha value is -4.82. The van der Waals surface area contributed by atoms with E-state index in [4.69, 9.17) is 18.9 Å². The number of aromatic hydroxyl groups is 2. The molecule has 5 N–H and O–H groups in total. The number of rotatable bonds is 20. The highest BCUT2D eigenvalue weighted by molar-refractivity contribution is 5.96. The van der Waals surface area contributed by atoms with E-state index in [2.05, 4.69) is 20.3 Å². The zero-order valence-electron chi connectivity index (χ0n) is 28.0. The number of Topliss-reactive ketones (excluding diaryl/α,β-unsaturated/α-hetero) is 1. The predicted molar refractivity (Wildman–Crippen MR) is 184 cm³/mol. The smallest absolute Gasteiger partial charge is 0.231 e. The van der Waals surface area contributed by atoms with Crippen LogP contribution in [0.5, 0.6) is 23.0 Å². The number of ketones is 1. The standard InChI is InChI=1S/C36H44N4O9/c1-4-17-46-19-25(41)21-48-30-11-7-9-27(32(30)44)34-38-35(40-36(39-34)37-24-15-13-23(14-16-24)29(43)6-3)28-10-8-12-31(33(28)45)49-22-26(42)20-47-18-5-2/h7-16,25-26,41-42,44-45H,4-6,17-22H2,1-3H3,(H,37,38,39,40). The van der Waals surface area contributed by atoms with Gasteiger partial charge in [0.05, 0.1) is 24.3 Å². The molecule has 262 valence electrons. The maximum atomic E-state index is 12.1. The number of hydrogen-bond acceptors (Lipinski definition) is 13. The summed E-state index contributed by atoms with van der Waals surface area (Å²) < 4.78 is 22.2. The van der Waals surface area contributed by atoms with Gasteiger partial charge >= 0.3 is 0 Å². The average Bonchev–Trinajstić information content (AvgIpc) is 3.11. The normalized spacial score (nSPS) is 12.3. The van der Waals surface area contributed by atoms with E-state index in [0.717, 1.165) is 12.8 Å². The summed E-state index contributed by atoms with van der Waals surface area (Å²) in [4.78, 5) is 25.8. The number of anilines is 2. The molecular weight excluding hydrogens is 632 g/mol. The van der Waals surface area contributed by atoms with Crippen molar-refractivity contribution in [1.29, 1.82) is 0 Å². The Morgan fingerprint density at radius 2 is 1.18 bits per heavy atom. The summed E-state index contributed by atoms with van der Waals surface area (Å²) in [6.07, 6.45) is 0.199. The molecule has 13 heteroatoms. The maximum absolute atomic E-state index is 12.1. The van der Waals surface area contributed by atoms with Gasteiger partial charge in [-0.1, -0.05) is 32.9 Å². The van der Waals surface area contributed by atoms with Crippen molar-refractivity contribution in [3.63, 3.8) is 0 Å². The lowest BCUT2D eigenvalue weighted by Gasteiger charge is -2.16. The number of phenolic OH excluding ortho intramolecular Hbond substituents is 2. The highest BCUT2D eigenvalue weighted by Crippen LogP contribution is 2.39. The molecule has 1 heterocycles. The maximum Gasteiger partial charge on any atom is 0.231 e. The lowest BCUT2D eigenvalue weighted by molar-refractivity contribution is 0.0119. The molecule has 0 radical (unpaired) electrons. The molecule has 0 aliphatic carbocycles. The first-order chi connectivity index (χ1) is 23.7. The Kier molecular flexibility index (Phi) is 14.1. The molecule has 0 aliphatic rings. The van der Waals surface area contributed by atoms with Gasteiger partial charge in [-0.05, 0) is 61.4 Å². The first kappa shape index (κ1) is 37.0. The molecule has 0 saturated carbocycles. The van der Waals surface area contributed by atoms with Crippen molar-refractivity contribution in [2.24, 2.45) is 0 Å². The Morgan fingerprint density at radius 1 is 0.694 bits per heavy atom. The number of carbonyl (C=O) groups excluding carboxylic acids is 1. The van der Waals surface area contributed by atoms with Crippen LogP contribution in [0.25, 0.3) is 22.8 Å². The second-order valence-electron chi connectivity index (χ2n) is 11.2. The van der Waals surface area contributed by atoms with E-state index in [-0.39, 0.29) is 83.9 Å². The van der Waals surface area contributed by atoms with Crippen LogP contribution < -0.4 is 14.8 Å². The van der Waals surface area contributed by atoms with E-state index in [1.807, 2.05) is 13.8 Å². The summed E-state index contributed by atoms with van der Waals surface area (Å²) in [7, 11) is 0. The Balaban J connectivity index is 1.68. The molecule has 0 saturated heterocycles. The Labute approximate surface area is 285 Å². The minimum Gasteiger partial charge on any atom is -0.504 e. The zero-order chi connectivity index (χ0) is 35.2. The number of hydrogen-bond donors (Lipinski definition) is 5. The van der Waals surface area contributed by atoms with Crippen molar-refractivity contribution < 1.29 is 44.2 Å². The first-order valence-corrected chi connectivity index (χ1v) is 16.3. The van der Waals surface area contributed by atoms with E-state index in [9.17, 15) is 25.2 Å². The molecule has 13 nitrogen and oxygen atoms in total. The van der Waals surface area contributed by atoms with Crippen LogP contribution in [0.2, 0.25) is 0 Å². The third kappa shape index (κ3) is 10.6. The fourth-order valence-electron chi connectivity index (χ4n) is 4.58. The molecule has 4 rings (SSSR count). The number of aliphatic hydroxyl groups is 2. The van der Waals surface area contributed by atoms with Crippen LogP contribution >= 0.6 is 0 Å². The minimum absolute atomic E-state index is 0.00782. The van der Waals surface area contributed by atoms with Crippen LogP contribution in [0.4, 0.5) is 11.6 Å². The number of para-hydroxylation sites is 2. The van der Waals surface area contributed by atoms with Gasteiger partial charge in [-0.3, -0.25) is 4.79 Å². The van der Waals surface area contributed by atoms with Crippen molar-refractivity contribution in [3.8, 4) is 45.8 Å². The molecule has 0 amide bonds. The SMILES string of the molecule is CCCOCC(O)COc1cccc(-c2nc(Nc3ccc(C(=O)CC)cc3)nc(-c3cccc(OCC(O)COCCC)c3O)n2)c1O. The molecule has 0 aliphatic heterocycles. The number of benzene rings is 3. The molecule has 2 atom stereocenters. The summed E-state index contributed by atoms with van der Waals surface area (Å²) >= 11 is 0. The molecule has 1 aromatic heterocycles. The summed E-state index contributed by atoms with van der Waals surface area (Å²) in [5.74, 6) is -0.153. The quantitative estimate of drug-likeness (QED) is 0.0602. The molecule has 3 aromatic carbocycles. The van der Waals surface area contributed by atoms with Crippen molar-refractivity contribution >= 4 is 17.4 Å². The van der Waals surface area contributed by atoms with Crippen LogP contribution in [0, 0.1) is 0 Å². The van der Waals surface area contributed by atoms with Gasteiger partial charge in [0.1, 0.15) is 25.4 Å². The number of nitrogens with zero attached hydrogens (tertiary/aromatic N) is 3. The number of ether oxygens (including phenoxy) is 4. The molecule has 0 spiro atoms. The lowest BCUT2D eigenvalue weighted by atomic mass is 10.1. The van der Waals surface area contributed by atoms with E-state index in [0.29, 0.717) is 30.9 Å². The molecule has 0 fully saturated rings. The van der Waals surface area contributed by atoms with Gasteiger partial charge in [-0.15, -0.1) is 0 Å². The van der Waals surface area contributed by atoms with Gasteiger partial charge in [-0.2, -0.15) is 9.97 Å². The van der Waals surface area contributed by atoms with Crippen LogP contribution in [-0.2, 0) is 9.47 Å². The number of carbonyl (C=O) groups is 1. The van der Waals surface area contributed by atoms with Gasteiger partial charge in [0, 0.05) is 30.9 Å². The average molecular weight is 677 g/mol. The summed E-state index contributed by atoms with van der Waals surface area (Å²) in [6, 6.07) is 16.4. The minimum atomic E-state index is -0.907. The third-order valence-electron chi connectivity index (χ3n) is 7.08. The van der Waals surface area contributed by atoms with Gasteiger partial charge < -0.3 is 44.7 Å². The number of nitrogens with one attached hydrogen (secondary N) is 1. The molecule has 4 aromatic rings. The van der Waals surface area contributed by atoms with Gasteiger partial charge in [0.2, 0.25) is 5.95 Å². The van der Waals surface area contributed by atoms with Crippen molar-refractivity contribution in [2.75, 3.05) is 45.0 Å². The van der Waals surface area contributed by atoms with Crippen LogP contribution in [-0.4, -0.2) is 93.0 Å². The predicted octanol–water partition coefficient (Wildman–Crippen LogP) is 5.29. The monoisotopic (exact) mass is 676 g/mol. The van der Waals surface area contributed by atoms with Crippen molar-refractivity contribution in [1.82, 2.24) is 15.0 Å². The third-order valence-corrected chi connectivity index (χ3v) is 7.08. The zero-order valence-corrected chi connectivity index (χ0v) is 28.0. The van der Waals surface area contributed by atoms with E-state index < -0.39 is 12.2 Å². The molecule has 0 bridgehead atoms. The van der Waals surface area contributed by atoms with Gasteiger partial charge in [0.15, 0.2) is 40.4 Å². The van der Waals surface area contributed by atoms with Crippen LogP contribution in [0.3, 0.4) is 0 Å². The largest absolute Gasteiger partial charge is 0.504 e. The van der Waals surface area contributed by atoms with Crippen LogP contribution in [0.1, 0.15) is 50.4 Å². The Bertz CT molecular complexity index is 1560. The highest BCUT2D eigenvalue weighted by atomic mass is 16.5. The first-order valence-electron chi connectivity index (χ1n) is 16.3. The fourth-order valence-corrected chi connectivity index (χ4v) is 4.58. The van der Waals surface area contributed by atoms with E-state index in [1.165, 1.54) is 0 Å². The highest BCUT2D eigenvalue weighted by Gasteiger charge is 2.20. The molecule has 49 heavy (non-hydrogen) atoms. The second kappa shape index (κ2) is 18.7. The van der Waals surface area contributed by atoms with Gasteiger partial charge in [-0.25, -0.2) is 4.98 Å². The van der Waals surface area contributed by atoms with Crippen molar-refractivity contribution in [3.05, 3.63) is 66.2 Å². The van der Waals surface area contributed by atoms with E-state index in [1.54, 1.807) is 67.6 Å². The summed E-state index contributed by atoms with van der Waals surface area (Å²) in [6.45, 7) is 6.69. The fraction of sp³-hybridized carbons (Fsp3) is 0.389.